The molecular weight excluding hydrogens is 274 g/mol. The van der Waals surface area contributed by atoms with Gasteiger partial charge in [0.15, 0.2) is 0 Å². The van der Waals surface area contributed by atoms with Gasteiger partial charge in [0.1, 0.15) is 0 Å². The second kappa shape index (κ2) is 5.82. The third-order valence-corrected chi connectivity index (χ3v) is 4.59. The van der Waals surface area contributed by atoms with Crippen molar-refractivity contribution < 1.29 is 14.1 Å². The first-order valence-corrected chi connectivity index (χ1v) is 7.52. The Morgan fingerprint density at radius 1 is 1.39 bits per heavy atom. The van der Waals surface area contributed by atoms with Crippen LogP contribution in [-0.2, 0) is 17.3 Å². The highest BCUT2D eigenvalue weighted by molar-refractivity contribution is 7.85. The van der Waals surface area contributed by atoms with Crippen LogP contribution in [0.25, 0.3) is 0 Å². The van der Waals surface area contributed by atoms with E-state index in [4.69, 9.17) is 16.7 Å². The average molecular weight is 288 g/mol. The Balaban J connectivity index is 2.05. The third-order valence-electron chi connectivity index (χ3n) is 2.96. The fourth-order valence-corrected chi connectivity index (χ4v) is 3.25. The van der Waals surface area contributed by atoms with E-state index in [-0.39, 0.29) is 5.56 Å². The first-order chi connectivity index (χ1) is 8.56. The molecule has 4 nitrogen and oxygen atoms in total. The normalized spacial score (nSPS) is 17.8. The van der Waals surface area contributed by atoms with Gasteiger partial charge in [0.2, 0.25) is 0 Å². The molecule has 1 fully saturated rings. The molecule has 2 rings (SSSR count). The number of halogens is 1. The number of hydrogen-bond acceptors (Lipinski definition) is 3. The Kier molecular flexibility index (Phi) is 4.37. The average Bonchev–Trinajstić information content (AvgIpc) is 2.34. The van der Waals surface area contributed by atoms with Crippen LogP contribution in [0.4, 0.5) is 0 Å². The van der Waals surface area contributed by atoms with Gasteiger partial charge >= 0.3 is 5.97 Å². The second-order valence-electron chi connectivity index (χ2n) is 4.24. The van der Waals surface area contributed by atoms with Crippen molar-refractivity contribution in [3.63, 3.8) is 0 Å². The number of hydrogen-bond donors (Lipinski definition) is 1. The Morgan fingerprint density at radius 3 is 2.61 bits per heavy atom. The van der Waals surface area contributed by atoms with Crippen LogP contribution in [0.2, 0.25) is 5.02 Å². The van der Waals surface area contributed by atoms with Crippen molar-refractivity contribution in [2.24, 2.45) is 0 Å². The molecule has 98 valence electrons. The van der Waals surface area contributed by atoms with Gasteiger partial charge in [-0.15, -0.1) is 0 Å². The molecule has 0 radical (unpaired) electrons. The maximum absolute atomic E-state index is 11.2. The number of carboxylic acid groups (broad SMARTS) is 1. The molecule has 0 aromatic heterocycles. The number of benzene rings is 1. The molecule has 1 aromatic carbocycles. The molecule has 0 amide bonds. The van der Waals surface area contributed by atoms with Gasteiger partial charge in [-0.25, -0.2) is 4.79 Å². The van der Waals surface area contributed by atoms with Crippen LogP contribution in [0.5, 0.6) is 0 Å². The zero-order valence-corrected chi connectivity index (χ0v) is 11.3. The van der Waals surface area contributed by atoms with E-state index < -0.39 is 16.8 Å². The zero-order valence-electron chi connectivity index (χ0n) is 9.76. The smallest absolute Gasteiger partial charge is 0.335 e. The summed E-state index contributed by atoms with van der Waals surface area (Å²) in [6, 6.07) is 4.78. The Morgan fingerprint density at radius 2 is 2.06 bits per heavy atom. The molecule has 1 aliphatic heterocycles. The molecule has 18 heavy (non-hydrogen) atoms. The van der Waals surface area contributed by atoms with Gasteiger partial charge in [0.05, 0.1) is 5.56 Å². The highest BCUT2D eigenvalue weighted by Crippen LogP contribution is 2.20. The van der Waals surface area contributed by atoms with Gasteiger partial charge in [-0.1, -0.05) is 17.7 Å². The largest absolute Gasteiger partial charge is 0.478 e. The number of carboxylic acids is 1. The standard InChI is InChI=1S/C12H14ClNO3S/c13-11-7-9(12(15)16)1-2-10(11)8-14-3-5-18(17)6-4-14/h1-2,7H,3-6,8H2,(H,15,16). The van der Waals surface area contributed by atoms with Crippen LogP contribution in [-0.4, -0.2) is 44.8 Å². The Labute approximate surface area is 113 Å². The molecule has 0 bridgehead atoms. The summed E-state index contributed by atoms with van der Waals surface area (Å²) >= 11 is 6.07. The summed E-state index contributed by atoms with van der Waals surface area (Å²) in [4.78, 5) is 13.0. The summed E-state index contributed by atoms with van der Waals surface area (Å²) in [7, 11) is -0.686. The van der Waals surface area contributed by atoms with Crippen molar-refractivity contribution in [1.29, 1.82) is 0 Å². The van der Waals surface area contributed by atoms with Crippen molar-refractivity contribution >= 4 is 28.4 Å². The van der Waals surface area contributed by atoms with E-state index in [1.807, 2.05) is 0 Å². The number of carbonyl (C=O) groups is 1. The minimum Gasteiger partial charge on any atom is -0.478 e. The predicted molar refractivity (Wildman–Crippen MR) is 71.6 cm³/mol. The quantitative estimate of drug-likeness (QED) is 0.917. The molecule has 0 saturated carbocycles. The van der Waals surface area contributed by atoms with Gasteiger partial charge in [0.25, 0.3) is 0 Å². The van der Waals surface area contributed by atoms with Crippen LogP contribution in [0.1, 0.15) is 15.9 Å². The molecule has 1 heterocycles. The van der Waals surface area contributed by atoms with E-state index in [2.05, 4.69) is 4.90 Å². The maximum Gasteiger partial charge on any atom is 0.335 e. The lowest BCUT2D eigenvalue weighted by Crippen LogP contribution is -2.37. The summed E-state index contributed by atoms with van der Waals surface area (Å²) < 4.78 is 11.2. The van der Waals surface area contributed by atoms with Crippen LogP contribution in [0, 0.1) is 0 Å². The second-order valence-corrected chi connectivity index (χ2v) is 6.34. The number of rotatable bonds is 3. The van der Waals surface area contributed by atoms with Crippen LogP contribution in [0.3, 0.4) is 0 Å². The maximum atomic E-state index is 11.2. The van der Waals surface area contributed by atoms with E-state index in [0.29, 0.717) is 23.1 Å². The molecule has 0 atom stereocenters. The molecule has 0 unspecified atom stereocenters. The fraction of sp³-hybridized carbons (Fsp3) is 0.417. The van der Waals surface area contributed by atoms with Gasteiger partial charge < -0.3 is 5.11 Å². The lowest BCUT2D eigenvalue weighted by atomic mass is 10.1. The van der Waals surface area contributed by atoms with Crippen molar-refractivity contribution in [3.05, 3.63) is 34.3 Å². The van der Waals surface area contributed by atoms with E-state index in [1.54, 1.807) is 12.1 Å². The zero-order chi connectivity index (χ0) is 13.1. The van der Waals surface area contributed by atoms with Gasteiger partial charge in [-0.05, 0) is 17.7 Å². The summed E-state index contributed by atoms with van der Waals surface area (Å²) in [5.74, 6) is 0.423. The molecule has 0 aliphatic carbocycles. The first kappa shape index (κ1) is 13.5. The molecule has 1 N–H and O–H groups in total. The van der Waals surface area contributed by atoms with E-state index in [0.717, 1.165) is 18.7 Å². The predicted octanol–water partition coefficient (Wildman–Crippen LogP) is 1.60. The topological polar surface area (TPSA) is 57.6 Å². The SMILES string of the molecule is O=C(O)c1ccc(CN2CCS(=O)CC2)c(Cl)c1. The first-order valence-electron chi connectivity index (χ1n) is 5.65. The number of nitrogens with zero attached hydrogens (tertiary/aromatic N) is 1. The van der Waals surface area contributed by atoms with E-state index >= 15 is 0 Å². The van der Waals surface area contributed by atoms with Gasteiger partial charge in [-0.3, -0.25) is 9.11 Å². The van der Waals surface area contributed by atoms with Crippen molar-refractivity contribution in [2.45, 2.75) is 6.54 Å². The molecular formula is C12H14ClNO3S. The highest BCUT2D eigenvalue weighted by atomic mass is 35.5. The summed E-state index contributed by atoms with van der Waals surface area (Å²) in [5.41, 5.74) is 1.11. The summed E-state index contributed by atoms with van der Waals surface area (Å²) in [5, 5.41) is 9.32. The van der Waals surface area contributed by atoms with Crippen molar-refractivity contribution in [3.8, 4) is 0 Å². The molecule has 1 aliphatic rings. The molecule has 6 heteroatoms. The van der Waals surface area contributed by atoms with Crippen LogP contribution >= 0.6 is 11.6 Å². The fourth-order valence-electron chi connectivity index (χ4n) is 1.88. The minimum atomic E-state index is -0.975. The lowest BCUT2D eigenvalue weighted by Gasteiger charge is -2.26. The summed E-state index contributed by atoms with van der Waals surface area (Å²) in [6.07, 6.45) is 0. The molecule has 0 spiro atoms. The Hall–Kier alpha value is -0.910. The monoisotopic (exact) mass is 287 g/mol. The van der Waals surface area contributed by atoms with Crippen molar-refractivity contribution in [1.82, 2.24) is 4.90 Å². The van der Waals surface area contributed by atoms with Crippen LogP contribution < -0.4 is 0 Å². The molecule has 1 aromatic rings. The highest BCUT2D eigenvalue weighted by Gasteiger charge is 2.16. The lowest BCUT2D eigenvalue weighted by molar-refractivity contribution is 0.0697. The van der Waals surface area contributed by atoms with Crippen molar-refractivity contribution in [2.75, 3.05) is 24.6 Å². The van der Waals surface area contributed by atoms with Gasteiger partial charge in [-0.2, -0.15) is 0 Å². The van der Waals surface area contributed by atoms with E-state index in [9.17, 15) is 9.00 Å². The third kappa shape index (κ3) is 3.31. The summed E-state index contributed by atoms with van der Waals surface area (Å²) in [6.45, 7) is 2.27. The van der Waals surface area contributed by atoms with Gasteiger partial charge in [0, 0.05) is 47.0 Å². The number of aromatic carboxylic acids is 1. The minimum absolute atomic E-state index is 0.198. The van der Waals surface area contributed by atoms with E-state index in [1.165, 1.54) is 6.07 Å². The Bertz CT molecular complexity index is 482. The van der Waals surface area contributed by atoms with Crippen LogP contribution in [0.15, 0.2) is 18.2 Å². The molecule has 1 saturated heterocycles.